The summed E-state index contributed by atoms with van der Waals surface area (Å²) in [7, 11) is 0. The first-order valence-corrected chi connectivity index (χ1v) is 9.98. The summed E-state index contributed by atoms with van der Waals surface area (Å²) >= 11 is 0. The van der Waals surface area contributed by atoms with Crippen LogP contribution >= 0.6 is 0 Å². The van der Waals surface area contributed by atoms with Crippen molar-refractivity contribution < 1.29 is 23.0 Å². The number of carbonyl (C=O) groups excluding carboxylic acids is 1. The van der Waals surface area contributed by atoms with Gasteiger partial charge in [0.25, 0.3) is 5.92 Å². The molecule has 0 aromatic heterocycles. The highest BCUT2D eigenvalue weighted by Gasteiger charge is 2.45. The fourth-order valence-corrected chi connectivity index (χ4v) is 4.10. The number of amides is 1. The molecule has 0 spiro atoms. The Morgan fingerprint density at radius 1 is 1.21 bits per heavy atom. The maximum atomic E-state index is 12.8. The Bertz CT molecular complexity index is 695. The van der Waals surface area contributed by atoms with Crippen molar-refractivity contribution in [3.05, 3.63) is 24.3 Å². The minimum absolute atomic E-state index is 0.0358. The van der Waals surface area contributed by atoms with Crippen LogP contribution in [0.1, 0.15) is 25.7 Å². The van der Waals surface area contributed by atoms with Crippen molar-refractivity contribution in [2.75, 3.05) is 32.8 Å². The van der Waals surface area contributed by atoms with E-state index in [1.807, 2.05) is 24.3 Å². The molecule has 3 aliphatic rings. The van der Waals surface area contributed by atoms with Crippen molar-refractivity contribution in [2.24, 2.45) is 0 Å². The van der Waals surface area contributed by atoms with Crippen LogP contribution in [0.2, 0.25) is 0 Å². The van der Waals surface area contributed by atoms with Gasteiger partial charge in [0.15, 0.2) is 11.5 Å². The van der Waals surface area contributed by atoms with E-state index in [2.05, 4.69) is 15.5 Å². The molecule has 2 aliphatic heterocycles. The summed E-state index contributed by atoms with van der Waals surface area (Å²) in [6.07, 6.45) is 1.53. The second kappa shape index (κ2) is 8.21. The number of nitrogens with one attached hydrogen (secondary N) is 2. The summed E-state index contributed by atoms with van der Waals surface area (Å²) in [5, 5.41) is 5.93. The molecular formula is C20H27F2N3O3. The van der Waals surface area contributed by atoms with Crippen molar-refractivity contribution in [3.63, 3.8) is 0 Å². The zero-order chi connectivity index (χ0) is 19.6. The minimum atomic E-state index is -2.57. The van der Waals surface area contributed by atoms with Gasteiger partial charge in [0.05, 0.1) is 6.54 Å². The first-order valence-electron chi connectivity index (χ1n) is 9.98. The van der Waals surface area contributed by atoms with Crippen LogP contribution in [0.5, 0.6) is 11.5 Å². The minimum Gasteiger partial charge on any atom is -0.486 e. The second-order valence-electron chi connectivity index (χ2n) is 8.01. The lowest BCUT2D eigenvalue weighted by molar-refractivity contribution is -0.123. The molecule has 1 aromatic rings. The van der Waals surface area contributed by atoms with Gasteiger partial charge in [0, 0.05) is 38.0 Å². The lowest BCUT2D eigenvalue weighted by atomic mass is 9.88. The van der Waals surface area contributed by atoms with Crippen LogP contribution in [-0.2, 0) is 4.79 Å². The van der Waals surface area contributed by atoms with Crippen LogP contribution < -0.4 is 20.1 Å². The number of fused-ring (bicyclic) bond motifs is 1. The number of para-hydroxylation sites is 2. The first-order chi connectivity index (χ1) is 13.5. The first kappa shape index (κ1) is 19.4. The lowest BCUT2D eigenvalue weighted by Gasteiger charge is -2.37. The average molecular weight is 395 g/mol. The molecule has 0 bridgehead atoms. The summed E-state index contributed by atoms with van der Waals surface area (Å²) < 4.78 is 37.5. The smallest absolute Gasteiger partial charge is 0.251 e. The van der Waals surface area contributed by atoms with E-state index in [1.54, 1.807) is 0 Å². The zero-order valence-corrected chi connectivity index (χ0v) is 15.8. The van der Waals surface area contributed by atoms with Gasteiger partial charge in [-0.2, -0.15) is 0 Å². The maximum Gasteiger partial charge on any atom is 0.251 e. The van der Waals surface area contributed by atoms with Crippen molar-refractivity contribution in [2.45, 2.75) is 49.8 Å². The molecule has 2 atom stereocenters. The third-order valence-corrected chi connectivity index (χ3v) is 5.54. The number of alkyl halides is 2. The van der Waals surface area contributed by atoms with Crippen molar-refractivity contribution in [1.29, 1.82) is 0 Å². The number of ether oxygens (including phenoxy) is 2. The van der Waals surface area contributed by atoms with E-state index in [-0.39, 0.29) is 43.5 Å². The molecule has 1 saturated heterocycles. The van der Waals surface area contributed by atoms with Crippen molar-refractivity contribution >= 4 is 5.91 Å². The van der Waals surface area contributed by atoms with Crippen LogP contribution in [0, 0.1) is 0 Å². The summed E-state index contributed by atoms with van der Waals surface area (Å²) in [6.45, 7) is 3.07. The molecule has 1 aliphatic carbocycles. The van der Waals surface area contributed by atoms with Crippen LogP contribution in [0.3, 0.4) is 0 Å². The van der Waals surface area contributed by atoms with Crippen molar-refractivity contribution in [3.8, 4) is 11.5 Å². The van der Waals surface area contributed by atoms with E-state index in [0.29, 0.717) is 6.61 Å². The fourth-order valence-electron chi connectivity index (χ4n) is 4.10. The van der Waals surface area contributed by atoms with Gasteiger partial charge in [0.1, 0.15) is 12.7 Å². The van der Waals surface area contributed by atoms with Gasteiger partial charge in [0.2, 0.25) is 5.91 Å². The molecule has 0 radical (unpaired) electrons. The van der Waals surface area contributed by atoms with Gasteiger partial charge >= 0.3 is 0 Å². The topological polar surface area (TPSA) is 62.8 Å². The quantitative estimate of drug-likeness (QED) is 0.769. The van der Waals surface area contributed by atoms with Gasteiger partial charge in [-0.25, -0.2) is 8.78 Å². The summed E-state index contributed by atoms with van der Waals surface area (Å²) in [5.74, 6) is -1.15. The number of carbonyl (C=O) groups is 1. The Labute approximate surface area is 163 Å². The molecule has 2 N–H and O–H groups in total. The molecular weight excluding hydrogens is 368 g/mol. The van der Waals surface area contributed by atoms with Crippen LogP contribution in [0.15, 0.2) is 24.3 Å². The predicted octanol–water partition coefficient (Wildman–Crippen LogP) is 1.79. The predicted molar refractivity (Wildman–Crippen MR) is 99.9 cm³/mol. The highest BCUT2D eigenvalue weighted by atomic mass is 19.3. The number of hydrogen-bond donors (Lipinski definition) is 2. The number of benzene rings is 1. The van der Waals surface area contributed by atoms with Gasteiger partial charge in [-0.3, -0.25) is 9.69 Å². The molecule has 1 saturated carbocycles. The molecule has 1 aromatic carbocycles. The summed E-state index contributed by atoms with van der Waals surface area (Å²) in [4.78, 5) is 14.4. The van der Waals surface area contributed by atoms with Gasteiger partial charge in [-0.1, -0.05) is 12.1 Å². The molecule has 2 fully saturated rings. The molecule has 28 heavy (non-hydrogen) atoms. The highest BCUT2D eigenvalue weighted by molar-refractivity contribution is 5.78. The Morgan fingerprint density at radius 3 is 2.79 bits per heavy atom. The molecule has 0 unspecified atom stereocenters. The molecule has 4 rings (SSSR count). The SMILES string of the molecule is O=C(CNC1CC(F)(F)C1)N[C@H]1CCCN(C[C@H]2COc3ccccc3O2)C1. The molecule has 154 valence electrons. The average Bonchev–Trinajstić information content (AvgIpc) is 2.65. The normalized spacial score (nSPS) is 27.1. The molecule has 1 amide bonds. The van der Waals surface area contributed by atoms with Crippen LogP contribution in [-0.4, -0.2) is 67.7 Å². The number of hydrogen-bond acceptors (Lipinski definition) is 5. The number of nitrogens with zero attached hydrogens (tertiary/aromatic N) is 1. The van der Waals surface area contributed by atoms with E-state index in [1.165, 1.54) is 0 Å². The van der Waals surface area contributed by atoms with Gasteiger partial charge < -0.3 is 20.1 Å². The molecule has 6 nitrogen and oxygen atoms in total. The van der Waals surface area contributed by atoms with E-state index in [0.717, 1.165) is 44.0 Å². The lowest BCUT2D eigenvalue weighted by Crippen LogP contribution is -2.54. The van der Waals surface area contributed by atoms with E-state index in [9.17, 15) is 13.6 Å². The zero-order valence-electron chi connectivity index (χ0n) is 15.8. The fraction of sp³-hybridized carbons (Fsp3) is 0.650. The third kappa shape index (κ3) is 4.91. The molecule has 8 heteroatoms. The van der Waals surface area contributed by atoms with Crippen molar-refractivity contribution in [1.82, 2.24) is 15.5 Å². The Morgan fingerprint density at radius 2 is 2.00 bits per heavy atom. The number of likely N-dealkylation sites (tertiary alicyclic amines) is 1. The largest absolute Gasteiger partial charge is 0.486 e. The number of piperidine rings is 1. The third-order valence-electron chi connectivity index (χ3n) is 5.54. The number of rotatable bonds is 6. The Balaban J connectivity index is 1.19. The van der Waals surface area contributed by atoms with Crippen LogP contribution in [0.4, 0.5) is 8.78 Å². The van der Waals surface area contributed by atoms with Gasteiger partial charge in [-0.05, 0) is 31.5 Å². The van der Waals surface area contributed by atoms with Crippen LogP contribution in [0.25, 0.3) is 0 Å². The maximum absolute atomic E-state index is 12.8. The Hall–Kier alpha value is -1.93. The monoisotopic (exact) mass is 395 g/mol. The van der Waals surface area contributed by atoms with Gasteiger partial charge in [-0.15, -0.1) is 0 Å². The Kier molecular flexibility index (Phi) is 5.68. The highest BCUT2D eigenvalue weighted by Crippen LogP contribution is 2.37. The van der Waals surface area contributed by atoms with E-state index < -0.39 is 5.92 Å². The number of halogens is 2. The summed E-state index contributed by atoms with van der Waals surface area (Å²) in [6, 6.07) is 7.47. The second-order valence-corrected chi connectivity index (χ2v) is 8.01. The summed E-state index contributed by atoms with van der Waals surface area (Å²) in [5.41, 5.74) is 0. The standard InChI is InChI=1S/C20H27F2N3O3/c21-20(22)8-15(9-20)23-10-19(26)24-14-4-3-7-25(11-14)12-16-13-27-17-5-1-2-6-18(17)28-16/h1-2,5-6,14-16,23H,3-4,7-13H2,(H,24,26)/t14-,16-/m0/s1. The molecule has 2 heterocycles. The van der Waals surface area contributed by atoms with E-state index >= 15 is 0 Å². The van der Waals surface area contributed by atoms with E-state index in [4.69, 9.17) is 9.47 Å².